The number of aliphatic hydroxyl groups is 1. The molecule has 126 heavy (non-hydrogen) atoms. The molecule has 3 N–H and O–H groups in total. The minimum atomic E-state index is -1.26. The van der Waals surface area contributed by atoms with Crippen LogP contribution in [0.1, 0.15) is 191 Å². The van der Waals surface area contributed by atoms with Gasteiger partial charge >= 0.3 is 11.9 Å². The summed E-state index contributed by atoms with van der Waals surface area (Å²) in [5, 5.41) is 100. The first-order valence-electron chi connectivity index (χ1n) is 42.3. The lowest BCUT2D eigenvalue weighted by Gasteiger charge is -2.31. The van der Waals surface area contributed by atoms with Crippen LogP contribution in [0.5, 0.6) is 17.2 Å². The minimum Gasteiger partial charge on any atom is -0.493 e. The van der Waals surface area contributed by atoms with Crippen LogP contribution in [0.25, 0.3) is 32.9 Å². The van der Waals surface area contributed by atoms with Crippen molar-refractivity contribution >= 4 is 117 Å². The first-order chi connectivity index (χ1) is 60.7. The van der Waals surface area contributed by atoms with E-state index < -0.39 is 11.9 Å². The van der Waals surface area contributed by atoms with Gasteiger partial charge in [-0.2, -0.15) is 26.3 Å². The summed E-state index contributed by atoms with van der Waals surface area (Å²) in [6.45, 7) is 14.6. The molecule has 0 amide bonds. The van der Waals surface area contributed by atoms with Gasteiger partial charge in [-0.1, -0.05) is 38.8 Å². The second-order valence-corrected chi connectivity index (χ2v) is 38.2. The van der Waals surface area contributed by atoms with Crippen molar-refractivity contribution in [2.24, 2.45) is 35.5 Å². The maximum absolute atomic E-state index is 9.89. The van der Waals surface area contributed by atoms with Crippen molar-refractivity contribution < 1.29 is 52.7 Å². The van der Waals surface area contributed by atoms with Crippen molar-refractivity contribution in [3.63, 3.8) is 0 Å². The van der Waals surface area contributed by atoms with Gasteiger partial charge < -0.3 is 52.9 Å². The van der Waals surface area contributed by atoms with Crippen molar-refractivity contribution in [3.05, 3.63) is 163 Å². The molecule has 11 heterocycles. The number of carboxylic acid groups (broad SMARTS) is 2. The third-order valence-electron chi connectivity index (χ3n) is 22.4. The Balaban J connectivity index is 0.000000160. The molecular formula is C91H109BrN18O11S5. The van der Waals surface area contributed by atoms with E-state index in [0.29, 0.717) is 87.8 Å². The fourth-order valence-corrected chi connectivity index (χ4v) is 18.9. The number of piperidine rings is 3. The van der Waals surface area contributed by atoms with Gasteiger partial charge in [-0.3, -0.25) is 14.7 Å². The Morgan fingerprint density at radius 3 is 1.00 bits per heavy atom. The monoisotopic (exact) mass is 1870 g/mol. The summed E-state index contributed by atoms with van der Waals surface area (Å²) < 4.78 is 35.6. The molecule has 3 saturated heterocycles. The van der Waals surface area contributed by atoms with Crippen LogP contribution in [0.4, 0.5) is 0 Å². The topological polar surface area (TPSA) is 400 Å². The Bertz CT molecular complexity index is 5380. The van der Waals surface area contributed by atoms with Gasteiger partial charge in [0.05, 0.1) is 90.2 Å². The zero-order valence-corrected chi connectivity index (χ0v) is 76.8. The summed E-state index contributed by atoms with van der Waals surface area (Å²) in [5.41, 5.74) is 11.1. The number of carboxylic acids is 2. The highest BCUT2D eigenvalue weighted by atomic mass is 79.9. The van der Waals surface area contributed by atoms with E-state index in [1.807, 2.05) is 47.3 Å². The maximum Gasteiger partial charge on any atom is 0.328 e. The molecule has 3 aliphatic carbocycles. The standard InChI is InChI=1S/2C26H33N5O2S.C24H28N4O3S.C5H3BrN2S.C5H4N2S.C4H4O4.CH4/c2*1-30(2)14-22-24(32-16-19-3-4-19)8-6-21-23(29-33-26(21)22)7-5-18-9-11-31(12-10-18)15-25-28-20(13-27)17-34-25;25-11-18-15-32-23(26-18)12-28-9-7-16(8-10-28)3-5-21-19-4-6-22(30-14-17-1-2-17)20(13-29)24(19)31-27-21;6-1-5-8-4(2-7)3-9-5;1-4-7-5(2-6)3-8-4;5-3(6)1-2-4(7)8;/h2*6,8,17-19H,3-5,7,9-12,14-16H2,1-2H3;4,6,15-17,29H,1-3,5,7-10,12-14H2;3H,1H2;3H,1H3;1-2H,(H,5,6)(H,7,8);1H4/b;;;;;2-1+;. The highest BCUT2D eigenvalue weighted by molar-refractivity contribution is 9.08. The first-order valence-corrected chi connectivity index (χ1v) is 47.8. The van der Waals surface area contributed by atoms with Gasteiger partial charge in [0, 0.05) is 68.3 Å². The largest absolute Gasteiger partial charge is 0.493 e. The highest BCUT2D eigenvalue weighted by Gasteiger charge is 2.30. The molecule has 3 aromatic carbocycles. The molecule has 17 rings (SSSR count). The number of hydrogen-bond donors (Lipinski definition) is 3. The molecule has 29 nitrogen and oxygen atoms in total. The van der Waals surface area contributed by atoms with Gasteiger partial charge in [-0.05, 0) is 262 Å². The van der Waals surface area contributed by atoms with Crippen LogP contribution in [0.3, 0.4) is 0 Å². The summed E-state index contributed by atoms with van der Waals surface area (Å²) in [5.74, 6) is 4.24. The zero-order chi connectivity index (χ0) is 88.1. The number of hydrogen-bond acceptors (Lipinski definition) is 32. The fraction of sp³-hybridized carbons (Fsp3) is 0.505. The van der Waals surface area contributed by atoms with Crippen molar-refractivity contribution in [2.75, 3.05) is 87.3 Å². The second-order valence-electron chi connectivity index (χ2n) is 32.8. The van der Waals surface area contributed by atoms with Crippen molar-refractivity contribution in [1.29, 1.82) is 26.3 Å². The lowest BCUT2D eigenvalue weighted by Crippen LogP contribution is -2.33. The molecule has 3 saturated carbocycles. The minimum absolute atomic E-state index is 0. The maximum atomic E-state index is 9.89. The average molecular weight is 1870 g/mol. The van der Waals surface area contributed by atoms with Crippen LogP contribution >= 0.6 is 72.6 Å². The van der Waals surface area contributed by atoms with E-state index in [4.69, 9.17) is 64.3 Å². The van der Waals surface area contributed by atoms with Crippen molar-refractivity contribution in [1.82, 2.24) is 64.9 Å². The molecule has 11 aromatic rings. The van der Waals surface area contributed by atoms with E-state index in [1.54, 1.807) is 44.8 Å². The molecular weight excluding hydrogens is 1760 g/mol. The molecule has 8 aromatic heterocycles. The lowest BCUT2D eigenvalue weighted by molar-refractivity contribution is -0.134. The molecule has 3 aliphatic heterocycles. The summed E-state index contributed by atoms with van der Waals surface area (Å²) in [7, 11) is 8.29. The number of likely N-dealkylation sites (tertiary alicyclic amines) is 3. The number of aliphatic hydroxyl groups excluding tert-OH is 1. The van der Waals surface area contributed by atoms with E-state index in [9.17, 15) is 14.7 Å². The Labute approximate surface area is 763 Å². The van der Waals surface area contributed by atoms with Gasteiger partial charge in [0.25, 0.3) is 0 Å². The molecule has 0 radical (unpaired) electrons. The van der Waals surface area contributed by atoms with E-state index >= 15 is 0 Å². The number of aliphatic carboxylic acids is 2. The van der Waals surface area contributed by atoms with E-state index in [0.717, 1.165) is 246 Å². The van der Waals surface area contributed by atoms with Crippen LogP contribution in [0.15, 0.2) is 89.0 Å². The Morgan fingerprint density at radius 2 is 0.746 bits per heavy atom. The molecule has 35 heteroatoms. The van der Waals surface area contributed by atoms with Gasteiger partial charge in [-0.25, -0.2) is 34.5 Å². The Morgan fingerprint density at radius 1 is 0.452 bits per heavy atom. The summed E-state index contributed by atoms with van der Waals surface area (Å²) in [6.07, 6.45) is 21.9. The number of carbonyl (C=O) groups is 2. The number of rotatable bonds is 32. The molecule has 0 atom stereocenters. The zero-order valence-electron chi connectivity index (χ0n) is 71.1. The molecule has 6 aliphatic rings. The number of benzene rings is 3. The number of nitrogens with zero attached hydrogens (tertiary/aromatic N) is 18. The number of thiazole rings is 5. The number of fused-ring (bicyclic) bond motifs is 3. The molecule has 0 unspecified atom stereocenters. The SMILES string of the molecule is C.CN(C)Cc1c(OCC2CC2)ccc2c(CCC3CCN(Cc4nc(C#N)cs4)CC3)noc12.CN(C)Cc1c(OCC2CC2)ccc2c(CCC3CCN(Cc4nc(C#N)cs4)CC3)noc12.Cc1nc(C#N)cs1.N#Cc1csc(CBr)n1.N#Cc1csc(CN2CCC(CCc3noc4c(CO)c(OCC5CC5)ccc34)CC2)n1.O=C(O)/C=C/C(=O)O. The van der Waals surface area contributed by atoms with Crippen LogP contribution in [0, 0.1) is 99.1 Å². The predicted molar refractivity (Wildman–Crippen MR) is 489 cm³/mol. The second kappa shape index (κ2) is 48.8. The lowest BCUT2D eigenvalue weighted by atomic mass is 9.91. The first kappa shape index (κ1) is 96.6. The Kier molecular flexibility index (Phi) is 37.4. The highest BCUT2D eigenvalue weighted by Crippen LogP contribution is 2.40. The van der Waals surface area contributed by atoms with Crippen LogP contribution < -0.4 is 14.2 Å². The number of aryl methyl sites for hydroxylation is 4. The van der Waals surface area contributed by atoms with Crippen LogP contribution in [-0.2, 0) is 73.5 Å². The number of nitriles is 5. The molecule has 0 spiro atoms. The third kappa shape index (κ3) is 29.8. The number of halogens is 1. The molecule has 6 fully saturated rings. The smallest absolute Gasteiger partial charge is 0.328 e. The summed E-state index contributed by atoms with van der Waals surface area (Å²) in [6, 6.07) is 22.7. The fourth-order valence-electron chi connectivity index (χ4n) is 15.0. The van der Waals surface area contributed by atoms with Crippen molar-refractivity contribution in [2.45, 2.75) is 175 Å². The van der Waals surface area contributed by atoms with Crippen LogP contribution in [0.2, 0.25) is 0 Å². The third-order valence-corrected chi connectivity index (χ3v) is 27.4. The number of alkyl halides is 1. The van der Waals surface area contributed by atoms with Crippen LogP contribution in [-0.4, -0.2) is 179 Å². The van der Waals surface area contributed by atoms with E-state index in [1.165, 1.54) is 86.9 Å². The average Bonchev–Trinajstić information content (AvgIpc) is 1.64. The van der Waals surface area contributed by atoms with Gasteiger partial charge in [0.2, 0.25) is 0 Å². The van der Waals surface area contributed by atoms with Gasteiger partial charge in [0.15, 0.2) is 45.2 Å². The Hall–Kier alpha value is -10.0. The predicted octanol–water partition coefficient (Wildman–Crippen LogP) is 17.6. The van der Waals surface area contributed by atoms with Gasteiger partial charge in [-0.15, -0.1) is 56.7 Å². The molecule has 666 valence electrons. The van der Waals surface area contributed by atoms with Crippen molar-refractivity contribution in [3.8, 4) is 47.6 Å². The summed E-state index contributed by atoms with van der Waals surface area (Å²) in [4.78, 5) is 51.7. The number of ether oxygens (including phenoxy) is 3. The van der Waals surface area contributed by atoms with Gasteiger partial charge in [0.1, 0.15) is 67.6 Å². The molecule has 0 bridgehead atoms. The van der Waals surface area contributed by atoms with E-state index in [-0.39, 0.29) is 14.0 Å². The normalized spacial score (nSPS) is 15.7. The van der Waals surface area contributed by atoms with E-state index in [2.05, 4.69) is 151 Å². The summed E-state index contributed by atoms with van der Waals surface area (Å²) >= 11 is 11.0. The quantitative estimate of drug-likeness (QED) is 0.0260. The number of aromatic nitrogens is 8.